The first kappa shape index (κ1) is 11.6. The van der Waals surface area contributed by atoms with Gasteiger partial charge in [0, 0.05) is 6.61 Å². The Morgan fingerprint density at radius 2 is 1.64 bits per heavy atom. The molecule has 0 saturated carbocycles. The van der Waals surface area contributed by atoms with Crippen LogP contribution < -0.4 is 0 Å². The van der Waals surface area contributed by atoms with Crippen molar-refractivity contribution in [3.63, 3.8) is 0 Å². The minimum absolute atomic E-state index is 0.00514. The van der Waals surface area contributed by atoms with E-state index in [4.69, 9.17) is 7.80 Å². The summed E-state index contributed by atoms with van der Waals surface area (Å²) in [5, 5.41) is 0. The summed E-state index contributed by atoms with van der Waals surface area (Å²) in [6.45, 7) is 7.88. The van der Waals surface area contributed by atoms with Gasteiger partial charge in [0.05, 0.1) is 12.2 Å². The molecule has 0 bridgehead atoms. The van der Waals surface area contributed by atoms with Crippen LogP contribution in [0, 0.1) is 0 Å². The van der Waals surface area contributed by atoms with Gasteiger partial charge in [-0.1, -0.05) is 0 Å². The topological polar surface area (TPSA) is 18.5 Å². The molecule has 0 aliphatic carbocycles. The number of hydrogen-bond acceptors (Lipinski definition) is 2. The van der Waals surface area contributed by atoms with Crippen LogP contribution in [0.2, 0.25) is 0 Å². The van der Waals surface area contributed by atoms with Crippen molar-refractivity contribution in [1.29, 1.82) is 0 Å². The fourth-order valence-electron chi connectivity index (χ4n) is 0.637. The van der Waals surface area contributed by atoms with Crippen molar-refractivity contribution in [2.75, 3.05) is 13.2 Å². The number of unbranched alkanes of at least 4 members (excludes halogenated alkanes) is 1. The van der Waals surface area contributed by atoms with Crippen LogP contribution in [0.4, 0.5) is 0 Å². The minimum Gasteiger partial charge on any atom is -0.376 e. The zero-order valence-corrected chi connectivity index (χ0v) is 9.68. The molecule has 0 radical (unpaired) electrons. The Hall–Kier alpha value is 0.650. The molecule has 0 heterocycles. The molecule has 11 heavy (non-hydrogen) atoms. The number of ether oxygens (including phenoxy) is 1. The monoisotopic (exact) mass is 272 g/mol. The SMILES string of the molecule is CC(C)(C)OCCCCOI. The highest BCUT2D eigenvalue weighted by Gasteiger charge is 2.08. The average Bonchev–Trinajstić information content (AvgIpc) is 1.85. The van der Waals surface area contributed by atoms with E-state index >= 15 is 0 Å². The quantitative estimate of drug-likeness (QED) is 0.566. The van der Waals surface area contributed by atoms with E-state index in [2.05, 4.69) is 20.8 Å². The second-order valence-electron chi connectivity index (χ2n) is 3.48. The van der Waals surface area contributed by atoms with Gasteiger partial charge in [-0.05, 0) is 33.6 Å². The lowest BCUT2D eigenvalue weighted by molar-refractivity contribution is -0.00521. The van der Waals surface area contributed by atoms with Crippen LogP contribution in [0.5, 0.6) is 0 Å². The molecule has 0 fully saturated rings. The van der Waals surface area contributed by atoms with E-state index in [-0.39, 0.29) is 5.60 Å². The predicted molar refractivity (Wildman–Crippen MR) is 54.9 cm³/mol. The average molecular weight is 272 g/mol. The van der Waals surface area contributed by atoms with E-state index < -0.39 is 0 Å². The molecule has 0 amide bonds. The maximum Gasteiger partial charge on any atom is 0.109 e. The maximum absolute atomic E-state index is 5.52. The molecule has 0 aliphatic heterocycles. The van der Waals surface area contributed by atoms with Crippen LogP contribution in [0.25, 0.3) is 0 Å². The van der Waals surface area contributed by atoms with Crippen molar-refractivity contribution >= 4 is 23.0 Å². The molecule has 0 saturated heterocycles. The van der Waals surface area contributed by atoms with Gasteiger partial charge in [0.2, 0.25) is 0 Å². The van der Waals surface area contributed by atoms with Gasteiger partial charge in [-0.25, -0.2) is 0 Å². The van der Waals surface area contributed by atoms with Crippen molar-refractivity contribution in [3.05, 3.63) is 0 Å². The van der Waals surface area contributed by atoms with Crippen molar-refractivity contribution in [3.8, 4) is 0 Å². The third kappa shape index (κ3) is 10.7. The standard InChI is InChI=1S/C8H17IO2/c1-8(2,3)10-6-4-5-7-11-9/h4-7H2,1-3H3. The maximum atomic E-state index is 5.52. The molecule has 0 rings (SSSR count). The molecule has 0 spiro atoms. The van der Waals surface area contributed by atoms with Crippen molar-refractivity contribution in [2.24, 2.45) is 0 Å². The minimum atomic E-state index is 0.00514. The van der Waals surface area contributed by atoms with E-state index in [0.717, 1.165) is 26.1 Å². The van der Waals surface area contributed by atoms with Gasteiger partial charge in [0.1, 0.15) is 23.0 Å². The normalized spacial score (nSPS) is 12.0. The first-order valence-electron chi connectivity index (χ1n) is 3.94. The molecule has 68 valence electrons. The summed E-state index contributed by atoms with van der Waals surface area (Å²) >= 11 is 1.91. The highest BCUT2D eigenvalue weighted by Crippen LogP contribution is 2.07. The van der Waals surface area contributed by atoms with Gasteiger partial charge >= 0.3 is 0 Å². The molecule has 0 aliphatic rings. The first-order chi connectivity index (χ1) is 5.06. The lowest BCUT2D eigenvalue weighted by Gasteiger charge is -2.19. The first-order valence-corrected chi connectivity index (χ1v) is 4.82. The van der Waals surface area contributed by atoms with Crippen molar-refractivity contribution in [1.82, 2.24) is 0 Å². The Bertz CT molecular complexity index is 88.6. The van der Waals surface area contributed by atoms with Gasteiger partial charge in [0.15, 0.2) is 0 Å². The van der Waals surface area contributed by atoms with Crippen LogP contribution in [-0.4, -0.2) is 18.8 Å². The molecule has 0 atom stereocenters. The van der Waals surface area contributed by atoms with Gasteiger partial charge in [0.25, 0.3) is 0 Å². The van der Waals surface area contributed by atoms with Crippen LogP contribution in [0.1, 0.15) is 33.6 Å². The second kappa shape index (κ2) is 6.20. The van der Waals surface area contributed by atoms with Crippen molar-refractivity contribution in [2.45, 2.75) is 39.2 Å². The summed E-state index contributed by atoms with van der Waals surface area (Å²) in [6, 6.07) is 0. The van der Waals surface area contributed by atoms with Crippen molar-refractivity contribution < 1.29 is 7.80 Å². The van der Waals surface area contributed by atoms with E-state index in [1.165, 1.54) is 0 Å². The van der Waals surface area contributed by atoms with Gasteiger partial charge < -0.3 is 7.80 Å². The zero-order valence-electron chi connectivity index (χ0n) is 7.52. The Morgan fingerprint density at radius 3 is 2.09 bits per heavy atom. The van der Waals surface area contributed by atoms with E-state index in [1.54, 1.807) is 0 Å². The van der Waals surface area contributed by atoms with Gasteiger partial charge in [-0.2, -0.15) is 0 Å². The molecule has 3 heteroatoms. The Morgan fingerprint density at radius 1 is 1.09 bits per heavy atom. The highest BCUT2D eigenvalue weighted by atomic mass is 127. The summed E-state index contributed by atoms with van der Waals surface area (Å²) in [5.41, 5.74) is 0.00514. The van der Waals surface area contributed by atoms with E-state index in [9.17, 15) is 0 Å². The van der Waals surface area contributed by atoms with Gasteiger partial charge in [-0.15, -0.1) is 0 Å². The summed E-state index contributed by atoms with van der Waals surface area (Å²) in [5.74, 6) is 0. The van der Waals surface area contributed by atoms with Crippen LogP contribution in [0.15, 0.2) is 0 Å². The summed E-state index contributed by atoms with van der Waals surface area (Å²) in [7, 11) is 0. The lowest BCUT2D eigenvalue weighted by atomic mass is 10.2. The third-order valence-electron chi connectivity index (χ3n) is 1.15. The molecule has 0 aromatic carbocycles. The Kier molecular flexibility index (Phi) is 6.56. The Balaban J connectivity index is 3.02. The summed E-state index contributed by atoms with van der Waals surface area (Å²) < 4.78 is 10.4. The largest absolute Gasteiger partial charge is 0.376 e. The second-order valence-corrected chi connectivity index (χ2v) is 4.10. The zero-order chi connectivity index (χ0) is 8.74. The highest BCUT2D eigenvalue weighted by molar-refractivity contribution is 14.1. The van der Waals surface area contributed by atoms with Crippen LogP contribution in [-0.2, 0) is 7.80 Å². The number of rotatable bonds is 5. The van der Waals surface area contributed by atoms with Crippen LogP contribution in [0.3, 0.4) is 0 Å². The number of hydrogen-bond donors (Lipinski definition) is 0. The molecular weight excluding hydrogens is 255 g/mol. The van der Waals surface area contributed by atoms with E-state index in [0.29, 0.717) is 0 Å². The third-order valence-corrected chi connectivity index (χ3v) is 1.59. The molecule has 0 aromatic rings. The van der Waals surface area contributed by atoms with E-state index in [1.807, 2.05) is 23.0 Å². The number of halogens is 1. The lowest BCUT2D eigenvalue weighted by Crippen LogP contribution is -2.19. The molecule has 0 aromatic heterocycles. The smallest absolute Gasteiger partial charge is 0.109 e. The fraction of sp³-hybridized carbons (Fsp3) is 1.00. The summed E-state index contributed by atoms with van der Waals surface area (Å²) in [6.07, 6.45) is 2.17. The molecule has 0 N–H and O–H groups in total. The predicted octanol–water partition coefficient (Wildman–Crippen LogP) is 2.95. The molecule has 0 unspecified atom stereocenters. The molecule has 2 nitrogen and oxygen atoms in total. The van der Waals surface area contributed by atoms with Gasteiger partial charge in [-0.3, -0.25) is 0 Å². The fourth-order valence-corrected chi connectivity index (χ4v) is 0.948. The summed E-state index contributed by atoms with van der Waals surface area (Å²) in [4.78, 5) is 0. The Labute approximate surface area is 83.3 Å². The molecular formula is C8H17IO2. The van der Waals surface area contributed by atoms with Crippen LogP contribution >= 0.6 is 23.0 Å².